The van der Waals surface area contributed by atoms with Crippen LogP contribution in [0.4, 0.5) is 0 Å². The van der Waals surface area contributed by atoms with Crippen LogP contribution in [0.5, 0.6) is 11.5 Å². The van der Waals surface area contributed by atoms with E-state index in [0.717, 1.165) is 22.4 Å². The maximum Gasteiger partial charge on any atom is 0.247 e. The number of aryl methyl sites for hydroxylation is 1. The van der Waals surface area contributed by atoms with Crippen LogP contribution in [0.15, 0.2) is 41.3 Å². The second-order valence-corrected chi connectivity index (χ2v) is 7.78. The molecule has 128 valence electrons. The SMILES string of the molecule is COc1ccc2c(c1)CCN(S(=O)(=O)c1cc(C)ccc1OC)C2. The van der Waals surface area contributed by atoms with Crippen molar-refractivity contribution >= 4 is 10.0 Å². The average Bonchev–Trinajstić information content (AvgIpc) is 2.60. The van der Waals surface area contributed by atoms with Crippen molar-refractivity contribution in [2.24, 2.45) is 0 Å². The Morgan fingerprint density at radius 1 is 1.00 bits per heavy atom. The molecule has 0 radical (unpaired) electrons. The fourth-order valence-electron chi connectivity index (χ4n) is 2.96. The number of rotatable bonds is 4. The molecule has 5 nitrogen and oxygen atoms in total. The molecule has 0 unspecified atom stereocenters. The summed E-state index contributed by atoms with van der Waals surface area (Å²) in [6.45, 7) is 2.68. The molecule has 0 fully saturated rings. The van der Waals surface area contributed by atoms with Gasteiger partial charge in [0.1, 0.15) is 16.4 Å². The minimum absolute atomic E-state index is 0.224. The molecule has 3 rings (SSSR count). The summed E-state index contributed by atoms with van der Waals surface area (Å²) in [6, 6.07) is 11.0. The smallest absolute Gasteiger partial charge is 0.247 e. The summed E-state index contributed by atoms with van der Waals surface area (Å²) in [6.07, 6.45) is 0.667. The molecule has 1 aliphatic heterocycles. The molecule has 2 aromatic rings. The van der Waals surface area contributed by atoms with Crippen LogP contribution in [-0.4, -0.2) is 33.5 Å². The topological polar surface area (TPSA) is 55.8 Å². The minimum atomic E-state index is -3.61. The first-order chi connectivity index (χ1) is 11.5. The van der Waals surface area contributed by atoms with Crippen molar-refractivity contribution in [2.45, 2.75) is 24.8 Å². The van der Waals surface area contributed by atoms with E-state index in [9.17, 15) is 8.42 Å². The summed E-state index contributed by atoms with van der Waals surface area (Å²) in [5.41, 5.74) is 3.03. The number of nitrogens with zero attached hydrogens (tertiary/aromatic N) is 1. The number of hydrogen-bond donors (Lipinski definition) is 0. The van der Waals surface area contributed by atoms with Crippen LogP contribution in [0.25, 0.3) is 0 Å². The molecule has 2 aromatic carbocycles. The number of sulfonamides is 1. The zero-order chi connectivity index (χ0) is 17.3. The van der Waals surface area contributed by atoms with Gasteiger partial charge in [-0.05, 0) is 54.3 Å². The number of ether oxygens (including phenoxy) is 2. The molecule has 0 saturated heterocycles. The van der Waals surface area contributed by atoms with E-state index in [0.29, 0.717) is 25.3 Å². The Morgan fingerprint density at radius 3 is 2.50 bits per heavy atom. The summed E-state index contributed by atoms with van der Waals surface area (Å²) >= 11 is 0. The minimum Gasteiger partial charge on any atom is -0.497 e. The maximum atomic E-state index is 13.1. The van der Waals surface area contributed by atoms with E-state index in [-0.39, 0.29) is 4.90 Å². The Balaban J connectivity index is 1.96. The summed E-state index contributed by atoms with van der Waals surface area (Å²) in [4.78, 5) is 0.224. The lowest BCUT2D eigenvalue weighted by Gasteiger charge is -2.29. The van der Waals surface area contributed by atoms with Crippen LogP contribution < -0.4 is 9.47 Å². The molecule has 1 aliphatic rings. The Bertz CT molecular complexity index is 861. The fourth-order valence-corrected chi connectivity index (χ4v) is 4.62. The van der Waals surface area contributed by atoms with Crippen LogP contribution in [0.2, 0.25) is 0 Å². The van der Waals surface area contributed by atoms with Crippen molar-refractivity contribution < 1.29 is 17.9 Å². The Hall–Kier alpha value is -2.05. The van der Waals surface area contributed by atoms with E-state index in [1.54, 1.807) is 19.2 Å². The second-order valence-electron chi connectivity index (χ2n) is 5.88. The second kappa shape index (κ2) is 6.45. The van der Waals surface area contributed by atoms with Gasteiger partial charge in [-0.25, -0.2) is 8.42 Å². The van der Waals surface area contributed by atoms with E-state index in [4.69, 9.17) is 9.47 Å². The molecule has 0 spiro atoms. The van der Waals surface area contributed by atoms with Gasteiger partial charge in [-0.1, -0.05) is 12.1 Å². The van der Waals surface area contributed by atoms with E-state index in [2.05, 4.69) is 0 Å². The lowest BCUT2D eigenvalue weighted by atomic mass is 10.0. The molecular weight excluding hydrogens is 326 g/mol. The zero-order valence-electron chi connectivity index (χ0n) is 14.1. The summed E-state index contributed by atoms with van der Waals surface area (Å²) in [5.74, 6) is 1.17. The highest BCUT2D eigenvalue weighted by Crippen LogP contribution is 2.31. The van der Waals surface area contributed by atoms with Gasteiger partial charge in [0.25, 0.3) is 0 Å². The molecule has 0 N–H and O–H groups in total. The van der Waals surface area contributed by atoms with Gasteiger partial charge >= 0.3 is 0 Å². The summed E-state index contributed by atoms with van der Waals surface area (Å²) < 4.78 is 38.2. The average molecular weight is 347 g/mol. The van der Waals surface area contributed by atoms with Gasteiger partial charge in [0.2, 0.25) is 10.0 Å². The fraction of sp³-hybridized carbons (Fsp3) is 0.333. The maximum absolute atomic E-state index is 13.1. The first kappa shape index (κ1) is 16.8. The lowest BCUT2D eigenvalue weighted by molar-refractivity contribution is 0.375. The summed E-state index contributed by atoms with van der Waals surface area (Å²) in [7, 11) is -0.491. The van der Waals surface area contributed by atoms with Crippen LogP contribution in [-0.2, 0) is 23.0 Å². The highest BCUT2D eigenvalue weighted by molar-refractivity contribution is 7.89. The first-order valence-corrected chi connectivity index (χ1v) is 9.20. The molecule has 0 aromatic heterocycles. The van der Waals surface area contributed by atoms with E-state index in [1.165, 1.54) is 11.4 Å². The standard InChI is InChI=1S/C18H21NO4S/c1-13-4-7-17(23-3)18(10-13)24(20,21)19-9-8-14-11-16(22-2)6-5-15(14)12-19/h4-7,10-11H,8-9,12H2,1-3H3. The molecular formula is C18H21NO4S. The normalized spacial score (nSPS) is 15.0. The zero-order valence-corrected chi connectivity index (χ0v) is 14.9. The van der Waals surface area contributed by atoms with Crippen molar-refractivity contribution in [2.75, 3.05) is 20.8 Å². The van der Waals surface area contributed by atoms with Crippen molar-refractivity contribution in [1.82, 2.24) is 4.31 Å². The van der Waals surface area contributed by atoms with Gasteiger partial charge in [-0.15, -0.1) is 0 Å². The Kier molecular flexibility index (Phi) is 4.51. The van der Waals surface area contributed by atoms with Gasteiger partial charge in [-0.2, -0.15) is 4.31 Å². The monoisotopic (exact) mass is 347 g/mol. The number of fused-ring (bicyclic) bond motifs is 1. The third-order valence-corrected chi connectivity index (χ3v) is 6.19. The highest BCUT2D eigenvalue weighted by atomic mass is 32.2. The van der Waals surface area contributed by atoms with Crippen molar-refractivity contribution in [1.29, 1.82) is 0 Å². The predicted octanol–water partition coefficient (Wildman–Crippen LogP) is 2.76. The van der Waals surface area contributed by atoms with Crippen molar-refractivity contribution in [3.8, 4) is 11.5 Å². The van der Waals surface area contributed by atoms with Crippen LogP contribution in [0.1, 0.15) is 16.7 Å². The summed E-state index contributed by atoms with van der Waals surface area (Å²) in [5, 5.41) is 0. The largest absolute Gasteiger partial charge is 0.497 e. The van der Waals surface area contributed by atoms with Gasteiger partial charge < -0.3 is 9.47 Å². The van der Waals surface area contributed by atoms with E-state index in [1.807, 2.05) is 31.2 Å². The van der Waals surface area contributed by atoms with Gasteiger partial charge in [0.15, 0.2) is 0 Å². The van der Waals surface area contributed by atoms with Crippen LogP contribution in [0.3, 0.4) is 0 Å². The van der Waals surface area contributed by atoms with Gasteiger partial charge in [-0.3, -0.25) is 0 Å². The molecule has 1 heterocycles. The molecule has 0 saturated carbocycles. The highest BCUT2D eigenvalue weighted by Gasteiger charge is 2.30. The number of methoxy groups -OCH3 is 2. The predicted molar refractivity (Wildman–Crippen MR) is 92.0 cm³/mol. The molecule has 0 aliphatic carbocycles. The number of hydrogen-bond acceptors (Lipinski definition) is 4. The molecule has 0 atom stereocenters. The van der Waals surface area contributed by atoms with Crippen molar-refractivity contribution in [3.63, 3.8) is 0 Å². The van der Waals surface area contributed by atoms with Crippen LogP contribution >= 0.6 is 0 Å². The molecule has 0 amide bonds. The molecule has 0 bridgehead atoms. The van der Waals surface area contributed by atoms with E-state index < -0.39 is 10.0 Å². The third kappa shape index (κ3) is 2.99. The first-order valence-electron chi connectivity index (χ1n) is 7.76. The molecule has 24 heavy (non-hydrogen) atoms. The van der Waals surface area contributed by atoms with Crippen molar-refractivity contribution in [3.05, 3.63) is 53.1 Å². The van der Waals surface area contributed by atoms with Gasteiger partial charge in [0.05, 0.1) is 14.2 Å². The van der Waals surface area contributed by atoms with Crippen LogP contribution in [0, 0.1) is 6.92 Å². The third-order valence-electron chi connectivity index (χ3n) is 4.33. The lowest BCUT2D eigenvalue weighted by Crippen LogP contribution is -2.36. The van der Waals surface area contributed by atoms with E-state index >= 15 is 0 Å². The Labute approximate surface area is 142 Å². The quantitative estimate of drug-likeness (QED) is 0.853. The molecule has 6 heteroatoms. The van der Waals surface area contributed by atoms with Gasteiger partial charge in [0, 0.05) is 13.1 Å². The number of benzene rings is 2. The Morgan fingerprint density at radius 2 is 1.79 bits per heavy atom.